The molecule has 0 bridgehead atoms. The number of thiophene rings is 1. The first-order valence-corrected chi connectivity index (χ1v) is 9.91. The molecule has 1 heterocycles. The van der Waals surface area contributed by atoms with Crippen LogP contribution < -0.4 is 14.8 Å². The van der Waals surface area contributed by atoms with Crippen molar-refractivity contribution in [2.45, 2.75) is 27.1 Å². The number of rotatable bonds is 7. The Morgan fingerprint density at radius 3 is 2.69 bits per heavy atom. The zero-order valence-electron chi connectivity index (χ0n) is 15.7. The summed E-state index contributed by atoms with van der Waals surface area (Å²) < 4.78 is 35.5. The van der Waals surface area contributed by atoms with Gasteiger partial charge in [0.25, 0.3) is 5.91 Å². The summed E-state index contributed by atoms with van der Waals surface area (Å²) >= 11 is 7.24. The largest absolute Gasteiger partial charge is 0.489 e. The number of alkyl halides is 2. The van der Waals surface area contributed by atoms with Crippen LogP contribution in [0.15, 0.2) is 47.8 Å². The molecule has 0 fully saturated rings. The van der Waals surface area contributed by atoms with Crippen LogP contribution in [-0.4, -0.2) is 12.5 Å². The lowest BCUT2D eigenvalue weighted by molar-refractivity contribution is -0.0494. The van der Waals surface area contributed by atoms with Crippen LogP contribution in [-0.2, 0) is 6.61 Å². The molecule has 4 nitrogen and oxygen atoms in total. The Hall–Kier alpha value is -2.64. The lowest BCUT2D eigenvalue weighted by Gasteiger charge is -2.12. The van der Waals surface area contributed by atoms with Crippen LogP contribution in [0.1, 0.15) is 26.4 Å². The van der Waals surface area contributed by atoms with Crippen LogP contribution in [0, 0.1) is 13.8 Å². The number of carbonyl (C=O) groups excluding carboxylic acids is 1. The van der Waals surface area contributed by atoms with Crippen molar-refractivity contribution in [1.29, 1.82) is 0 Å². The summed E-state index contributed by atoms with van der Waals surface area (Å²) in [7, 11) is 0. The number of nitrogens with one attached hydrogen (secondary N) is 1. The van der Waals surface area contributed by atoms with Crippen molar-refractivity contribution in [3.05, 3.63) is 74.4 Å². The number of ether oxygens (including phenoxy) is 2. The molecule has 1 aromatic heterocycles. The summed E-state index contributed by atoms with van der Waals surface area (Å²) in [5.74, 6) is 0.190. The predicted molar refractivity (Wildman–Crippen MR) is 111 cm³/mol. The summed E-state index contributed by atoms with van der Waals surface area (Å²) in [6.07, 6.45) is 0. The summed E-state index contributed by atoms with van der Waals surface area (Å²) in [5.41, 5.74) is 2.66. The molecule has 0 aliphatic heterocycles. The molecule has 3 rings (SSSR count). The van der Waals surface area contributed by atoms with Gasteiger partial charge in [0.15, 0.2) is 0 Å². The molecule has 29 heavy (non-hydrogen) atoms. The lowest BCUT2D eigenvalue weighted by atomic mass is 10.2. The van der Waals surface area contributed by atoms with Gasteiger partial charge in [-0.15, -0.1) is 11.3 Å². The quantitative estimate of drug-likeness (QED) is 0.462. The van der Waals surface area contributed by atoms with Gasteiger partial charge in [-0.1, -0.05) is 17.7 Å². The van der Waals surface area contributed by atoms with Gasteiger partial charge in [0.1, 0.15) is 18.1 Å². The Balaban J connectivity index is 1.66. The SMILES string of the molecule is Cc1ccc(NC(=O)c2cc(COc3ccc(Cl)c(C)c3)cs2)c(OC(F)F)c1. The van der Waals surface area contributed by atoms with Crippen molar-refractivity contribution in [3.63, 3.8) is 0 Å². The number of halogens is 3. The molecule has 0 atom stereocenters. The van der Waals surface area contributed by atoms with Gasteiger partial charge in [-0.2, -0.15) is 8.78 Å². The highest BCUT2D eigenvalue weighted by molar-refractivity contribution is 7.12. The van der Waals surface area contributed by atoms with E-state index >= 15 is 0 Å². The molecule has 0 radical (unpaired) electrons. The first kappa shape index (κ1) is 21.1. The molecule has 3 aromatic rings. The average molecular weight is 438 g/mol. The fraction of sp³-hybridized carbons (Fsp3) is 0.190. The molecule has 2 aromatic carbocycles. The highest BCUT2D eigenvalue weighted by Gasteiger charge is 2.15. The van der Waals surface area contributed by atoms with Crippen molar-refractivity contribution in [1.82, 2.24) is 0 Å². The van der Waals surface area contributed by atoms with Gasteiger partial charge >= 0.3 is 6.61 Å². The number of hydrogen-bond acceptors (Lipinski definition) is 4. The standard InChI is InChI=1S/C21H18ClF2NO3S/c1-12-3-6-17(18(7-12)28-21(23)24)25-20(26)19-9-14(11-29-19)10-27-15-4-5-16(22)13(2)8-15/h3-9,11,21H,10H2,1-2H3,(H,25,26). The Kier molecular flexibility index (Phi) is 6.71. The van der Waals surface area contributed by atoms with Crippen molar-refractivity contribution < 1.29 is 23.0 Å². The predicted octanol–water partition coefficient (Wildman–Crippen LogP) is 6.45. The third-order valence-corrected chi connectivity index (χ3v) is 5.42. The maximum atomic E-state index is 12.6. The minimum Gasteiger partial charge on any atom is -0.489 e. The van der Waals surface area contributed by atoms with Gasteiger partial charge in [0.2, 0.25) is 0 Å². The highest BCUT2D eigenvalue weighted by atomic mass is 35.5. The Bertz CT molecular complexity index is 1020. The van der Waals surface area contributed by atoms with Crippen LogP contribution in [0.5, 0.6) is 11.5 Å². The number of aryl methyl sites for hydroxylation is 2. The summed E-state index contributed by atoms with van der Waals surface area (Å²) in [6, 6.07) is 11.8. The van der Waals surface area contributed by atoms with Gasteiger partial charge in [0, 0.05) is 10.6 Å². The van der Waals surface area contributed by atoms with Gasteiger partial charge in [0.05, 0.1) is 10.6 Å². The van der Waals surface area contributed by atoms with Crippen LogP contribution in [0.25, 0.3) is 0 Å². The monoisotopic (exact) mass is 437 g/mol. The van der Waals surface area contributed by atoms with Crippen LogP contribution in [0.2, 0.25) is 5.02 Å². The lowest BCUT2D eigenvalue weighted by Crippen LogP contribution is -2.13. The zero-order valence-corrected chi connectivity index (χ0v) is 17.2. The number of hydrogen-bond donors (Lipinski definition) is 1. The second-order valence-electron chi connectivity index (χ2n) is 6.35. The average Bonchev–Trinajstić information content (AvgIpc) is 3.13. The Morgan fingerprint density at radius 1 is 1.17 bits per heavy atom. The van der Waals surface area contributed by atoms with E-state index in [2.05, 4.69) is 10.1 Å². The van der Waals surface area contributed by atoms with Gasteiger partial charge in [-0.05, 0) is 66.8 Å². The van der Waals surface area contributed by atoms with Crippen molar-refractivity contribution in [3.8, 4) is 11.5 Å². The highest BCUT2D eigenvalue weighted by Crippen LogP contribution is 2.29. The molecule has 0 aliphatic rings. The molecule has 0 saturated carbocycles. The van der Waals surface area contributed by atoms with Gasteiger partial charge < -0.3 is 14.8 Å². The summed E-state index contributed by atoms with van der Waals surface area (Å²) in [6.45, 7) is 0.945. The first-order valence-electron chi connectivity index (χ1n) is 8.65. The Morgan fingerprint density at radius 2 is 1.97 bits per heavy atom. The molecular formula is C21H18ClF2NO3S. The maximum Gasteiger partial charge on any atom is 0.387 e. The zero-order chi connectivity index (χ0) is 21.0. The van der Waals surface area contributed by atoms with Crippen molar-refractivity contribution in [2.75, 3.05) is 5.32 Å². The van der Waals surface area contributed by atoms with Crippen molar-refractivity contribution >= 4 is 34.5 Å². The molecule has 8 heteroatoms. The third-order valence-electron chi connectivity index (χ3n) is 4.01. The van der Waals surface area contributed by atoms with E-state index in [9.17, 15) is 13.6 Å². The summed E-state index contributed by atoms with van der Waals surface area (Å²) in [5, 5.41) is 5.09. The van der Waals surface area contributed by atoms with Gasteiger partial charge in [-0.3, -0.25) is 4.79 Å². The Labute approximate surface area is 176 Å². The molecule has 0 aliphatic carbocycles. The molecule has 0 saturated heterocycles. The van der Waals surface area contributed by atoms with Gasteiger partial charge in [-0.25, -0.2) is 0 Å². The third kappa shape index (κ3) is 5.68. The fourth-order valence-corrected chi connectivity index (χ4v) is 3.46. The van der Waals surface area contributed by atoms with E-state index in [-0.39, 0.29) is 18.0 Å². The minimum absolute atomic E-state index is 0.0772. The first-order chi connectivity index (χ1) is 13.8. The maximum absolute atomic E-state index is 12.6. The normalized spacial score (nSPS) is 10.8. The number of amides is 1. The topological polar surface area (TPSA) is 47.6 Å². The van der Waals surface area contributed by atoms with E-state index in [1.165, 1.54) is 23.5 Å². The van der Waals surface area contributed by atoms with E-state index in [0.29, 0.717) is 15.6 Å². The number of anilines is 1. The molecule has 1 N–H and O–H groups in total. The van der Waals surface area contributed by atoms with Crippen molar-refractivity contribution in [2.24, 2.45) is 0 Å². The minimum atomic E-state index is -2.98. The molecule has 152 valence electrons. The summed E-state index contributed by atoms with van der Waals surface area (Å²) in [4.78, 5) is 12.9. The molecule has 0 unspecified atom stereocenters. The molecule has 1 amide bonds. The molecular weight excluding hydrogens is 420 g/mol. The second kappa shape index (κ2) is 9.24. The van der Waals surface area contributed by atoms with E-state index < -0.39 is 12.5 Å². The molecule has 0 spiro atoms. The van der Waals surface area contributed by atoms with E-state index in [4.69, 9.17) is 16.3 Å². The van der Waals surface area contributed by atoms with Crippen LogP contribution in [0.4, 0.5) is 14.5 Å². The van der Waals surface area contributed by atoms with Crippen LogP contribution in [0.3, 0.4) is 0 Å². The van der Waals surface area contributed by atoms with Crippen LogP contribution >= 0.6 is 22.9 Å². The smallest absolute Gasteiger partial charge is 0.387 e. The fourth-order valence-electron chi connectivity index (χ4n) is 2.55. The second-order valence-corrected chi connectivity index (χ2v) is 7.67. The van der Waals surface area contributed by atoms with E-state index in [1.54, 1.807) is 31.2 Å². The number of benzene rings is 2. The number of carbonyl (C=O) groups is 1. The van der Waals surface area contributed by atoms with E-state index in [1.807, 2.05) is 18.4 Å². The van der Waals surface area contributed by atoms with E-state index in [0.717, 1.165) is 16.7 Å².